The molecule has 4 rings (SSSR count). The predicted octanol–water partition coefficient (Wildman–Crippen LogP) is 5.68. The highest BCUT2D eigenvalue weighted by atomic mass is 19.4. The number of amides is 1. The van der Waals surface area contributed by atoms with Gasteiger partial charge in [0, 0.05) is 10.9 Å². The van der Waals surface area contributed by atoms with Crippen LogP contribution in [0.2, 0.25) is 0 Å². The van der Waals surface area contributed by atoms with Gasteiger partial charge < -0.3 is 0 Å². The Morgan fingerprint density at radius 2 is 1.58 bits per heavy atom. The third kappa shape index (κ3) is 4.61. The van der Waals surface area contributed by atoms with Gasteiger partial charge in [-0.2, -0.15) is 18.3 Å². The van der Waals surface area contributed by atoms with Crippen molar-refractivity contribution in [2.45, 2.75) is 6.18 Å². The Morgan fingerprint density at radius 3 is 2.29 bits per heavy atom. The summed E-state index contributed by atoms with van der Waals surface area (Å²) < 4.78 is 38.0. The minimum Gasteiger partial charge on any atom is -0.267 e. The zero-order valence-corrected chi connectivity index (χ0v) is 16.1. The van der Waals surface area contributed by atoms with Crippen LogP contribution in [0.25, 0.3) is 22.2 Å². The van der Waals surface area contributed by atoms with Gasteiger partial charge in [0.25, 0.3) is 5.91 Å². The maximum absolute atomic E-state index is 12.8. The average Bonchev–Trinajstić information content (AvgIpc) is 2.78. The lowest BCUT2D eigenvalue weighted by Gasteiger charge is -2.09. The molecule has 4 nitrogen and oxygen atoms in total. The van der Waals surface area contributed by atoms with Gasteiger partial charge >= 0.3 is 6.18 Å². The molecule has 0 radical (unpaired) electrons. The van der Waals surface area contributed by atoms with Gasteiger partial charge in [-0.05, 0) is 29.8 Å². The minimum atomic E-state index is -4.40. The van der Waals surface area contributed by atoms with Crippen molar-refractivity contribution < 1.29 is 18.0 Å². The number of aromatic nitrogens is 1. The van der Waals surface area contributed by atoms with Crippen molar-refractivity contribution in [2.75, 3.05) is 0 Å². The standard InChI is InChI=1S/C24H16F3N3O/c25-24(26,27)18-12-10-16(11-13-18)15-28-30-23(31)20-14-22(17-6-2-1-3-7-17)29-21-9-5-4-8-19(20)21/h1-15H,(H,30,31)/b28-15-. The van der Waals surface area contributed by atoms with Crippen molar-refractivity contribution >= 4 is 23.0 Å². The molecule has 3 aromatic carbocycles. The molecule has 0 aliphatic rings. The Morgan fingerprint density at radius 1 is 0.903 bits per heavy atom. The van der Waals surface area contributed by atoms with E-state index >= 15 is 0 Å². The second-order valence-electron chi connectivity index (χ2n) is 6.76. The van der Waals surface area contributed by atoms with Crippen molar-refractivity contribution in [2.24, 2.45) is 5.10 Å². The zero-order valence-electron chi connectivity index (χ0n) is 16.1. The Hall–Kier alpha value is -4.00. The number of pyridine rings is 1. The van der Waals surface area contributed by atoms with Crippen molar-refractivity contribution in [3.63, 3.8) is 0 Å². The van der Waals surface area contributed by atoms with Crippen molar-refractivity contribution in [3.05, 3.63) is 102 Å². The predicted molar refractivity (Wildman–Crippen MR) is 114 cm³/mol. The number of hydrogen-bond acceptors (Lipinski definition) is 3. The number of para-hydroxylation sites is 1. The Kier molecular flexibility index (Phi) is 5.49. The van der Waals surface area contributed by atoms with Crippen LogP contribution >= 0.6 is 0 Å². The maximum atomic E-state index is 12.8. The van der Waals surface area contributed by atoms with E-state index in [1.54, 1.807) is 12.1 Å². The van der Waals surface area contributed by atoms with Gasteiger partial charge in [-0.25, -0.2) is 10.4 Å². The monoisotopic (exact) mass is 419 g/mol. The third-order valence-electron chi connectivity index (χ3n) is 4.65. The summed E-state index contributed by atoms with van der Waals surface area (Å²) in [6.07, 6.45) is -3.11. The molecule has 0 spiro atoms. The Bertz CT molecular complexity index is 1250. The lowest BCUT2D eigenvalue weighted by Crippen LogP contribution is -2.18. The molecule has 0 atom stereocenters. The number of hydrogen-bond donors (Lipinski definition) is 1. The van der Waals surface area contributed by atoms with Crippen LogP contribution in [0.5, 0.6) is 0 Å². The number of alkyl halides is 3. The average molecular weight is 419 g/mol. The van der Waals surface area contributed by atoms with E-state index in [1.807, 2.05) is 48.5 Å². The fraction of sp³-hybridized carbons (Fsp3) is 0.0417. The molecule has 1 amide bonds. The molecule has 31 heavy (non-hydrogen) atoms. The quantitative estimate of drug-likeness (QED) is 0.342. The van der Waals surface area contributed by atoms with E-state index in [9.17, 15) is 18.0 Å². The van der Waals surface area contributed by atoms with E-state index in [4.69, 9.17) is 0 Å². The molecule has 1 heterocycles. The molecular formula is C24H16F3N3O. The molecule has 1 N–H and O–H groups in total. The molecule has 0 aliphatic carbocycles. The first kappa shape index (κ1) is 20.3. The lowest BCUT2D eigenvalue weighted by atomic mass is 10.0. The Labute approximate surface area is 176 Å². The highest BCUT2D eigenvalue weighted by molar-refractivity contribution is 6.07. The summed E-state index contributed by atoms with van der Waals surface area (Å²) in [6, 6.07) is 23.0. The largest absolute Gasteiger partial charge is 0.416 e. The first-order valence-electron chi connectivity index (χ1n) is 9.38. The molecular weight excluding hydrogens is 403 g/mol. The summed E-state index contributed by atoms with van der Waals surface area (Å²) in [4.78, 5) is 17.5. The highest BCUT2D eigenvalue weighted by Gasteiger charge is 2.29. The van der Waals surface area contributed by atoms with Crippen LogP contribution in [0.4, 0.5) is 13.2 Å². The maximum Gasteiger partial charge on any atom is 0.416 e. The summed E-state index contributed by atoms with van der Waals surface area (Å²) >= 11 is 0. The molecule has 4 aromatic rings. The summed E-state index contributed by atoms with van der Waals surface area (Å²) in [6.45, 7) is 0. The number of halogens is 3. The van der Waals surface area contributed by atoms with Crippen LogP contribution in [0.15, 0.2) is 90.0 Å². The van der Waals surface area contributed by atoms with Gasteiger partial charge in [-0.3, -0.25) is 4.79 Å². The van der Waals surface area contributed by atoms with Crippen molar-refractivity contribution in [3.8, 4) is 11.3 Å². The van der Waals surface area contributed by atoms with Crippen LogP contribution in [0.1, 0.15) is 21.5 Å². The smallest absolute Gasteiger partial charge is 0.267 e. The lowest BCUT2D eigenvalue weighted by molar-refractivity contribution is -0.137. The summed E-state index contributed by atoms with van der Waals surface area (Å²) in [7, 11) is 0. The number of nitrogens with zero attached hydrogens (tertiary/aromatic N) is 2. The van der Waals surface area contributed by atoms with E-state index in [0.29, 0.717) is 27.7 Å². The molecule has 1 aromatic heterocycles. The third-order valence-corrected chi connectivity index (χ3v) is 4.65. The number of benzene rings is 3. The van der Waals surface area contributed by atoms with E-state index in [1.165, 1.54) is 18.3 Å². The van der Waals surface area contributed by atoms with Crippen LogP contribution in [0.3, 0.4) is 0 Å². The highest BCUT2D eigenvalue weighted by Crippen LogP contribution is 2.29. The first-order valence-corrected chi connectivity index (χ1v) is 9.38. The zero-order chi connectivity index (χ0) is 21.8. The van der Waals surface area contributed by atoms with Gasteiger partial charge in [-0.15, -0.1) is 0 Å². The molecule has 0 saturated heterocycles. The molecule has 0 aliphatic heterocycles. The number of nitrogens with one attached hydrogen (secondary N) is 1. The summed E-state index contributed by atoms with van der Waals surface area (Å²) in [5.41, 5.74) is 4.71. The second-order valence-corrected chi connectivity index (χ2v) is 6.76. The molecule has 0 bridgehead atoms. The van der Waals surface area contributed by atoms with Crippen molar-refractivity contribution in [1.82, 2.24) is 10.4 Å². The van der Waals surface area contributed by atoms with Crippen molar-refractivity contribution in [1.29, 1.82) is 0 Å². The summed E-state index contributed by atoms with van der Waals surface area (Å²) in [5, 5.41) is 4.56. The molecule has 0 fully saturated rings. The fourth-order valence-electron chi connectivity index (χ4n) is 3.10. The molecule has 154 valence electrons. The molecule has 0 saturated carbocycles. The fourth-order valence-corrected chi connectivity index (χ4v) is 3.10. The van der Waals surface area contributed by atoms with Crippen LogP contribution in [0, 0.1) is 0 Å². The summed E-state index contributed by atoms with van der Waals surface area (Å²) in [5.74, 6) is -0.445. The van der Waals surface area contributed by atoms with Gasteiger partial charge in [0.15, 0.2) is 0 Å². The van der Waals surface area contributed by atoms with Gasteiger partial charge in [-0.1, -0.05) is 60.7 Å². The normalized spacial score (nSPS) is 11.7. The molecule has 7 heteroatoms. The van der Waals surface area contributed by atoms with E-state index in [2.05, 4.69) is 15.5 Å². The van der Waals surface area contributed by atoms with E-state index in [0.717, 1.165) is 17.7 Å². The van der Waals surface area contributed by atoms with Gasteiger partial charge in [0.1, 0.15) is 0 Å². The number of fused-ring (bicyclic) bond motifs is 1. The van der Waals surface area contributed by atoms with Crippen LogP contribution < -0.4 is 5.43 Å². The van der Waals surface area contributed by atoms with E-state index in [-0.39, 0.29) is 0 Å². The molecule has 0 unspecified atom stereocenters. The number of rotatable bonds is 4. The van der Waals surface area contributed by atoms with Crippen LogP contribution in [-0.4, -0.2) is 17.1 Å². The number of carbonyl (C=O) groups excluding carboxylic acids is 1. The number of carbonyl (C=O) groups is 1. The van der Waals surface area contributed by atoms with Gasteiger partial charge in [0.05, 0.1) is 28.6 Å². The first-order chi connectivity index (χ1) is 14.9. The van der Waals surface area contributed by atoms with Gasteiger partial charge in [0.2, 0.25) is 0 Å². The minimum absolute atomic E-state index is 0.397. The Balaban J connectivity index is 1.59. The second kappa shape index (κ2) is 8.39. The SMILES string of the molecule is O=C(N/N=C\c1ccc(C(F)(F)F)cc1)c1cc(-c2ccccc2)nc2ccccc12. The van der Waals surface area contributed by atoms with Crippen LogP contribution in [-0.2, 0) is 6.18 Å². The van der Waals surface area contributed by atoms with E-state index < -0.39 is 17.6 Å². The topological polar surface area (TPSA) is 54.4 Å². The number of hydrazone groups is 1.